The number of amides is 1. The third-order valence-electron chi connectivity index (χ3n) is 6.20. The van der Waals surface area contributed by atoms with Crippen LogP contribution in [-0.4, -0.2) is 59.1 Å². The number of fused-ring (bicyclic) bond motifs is 1. The van der Waals surface area contributed by atoms with Crippen LogP contribution < -0.4 is 0 Å². The molecule has 2 atom stereocenters. The number of aromatic nitrogens is 1. The number of ether oxygens (including phenoxy) is 1. The summed E-state index contributed by atoms with van der Waals surface area (Å²) in [5.74, 6) is 1.39. The Morgan fingerprint density at radius 2 is 2.12 bits per heavy atom. The average Bonchev–Trinajstić information content (AvgIpc) is 3.08. The lowest BCUT2D eigenvalue weighted by Gasteiger charge is -2.36. The first-order valence-corrected chi connectivity index (χ1v) is 9.74. The van der Waals surface area contributed by atoms with Gasteiger partial charge in [0.15, 0.2) is 0 Å². The smallest absolute Gasteiger partial charge is 0.225 e. The Morgan fingerprint density at radius 1 is 1.28 bits per heavy atom. The molecule has 1 saturated carbocycles. The van der Waals surface area contributed by atoms with Gasteiger partial charge in [-0.1, -0.05) is 13.0 Å². The van der Waals surface area contributed by atoms with Crippen LogP contribution in [-0.2, 0) is 16.1 Å². The fraction of sp³-hybridized carbons (Fsp3) is 0.700. The maximum atomic E-state index is 13.0. The topological polar surface area (TPSA) is 45.7 Å². The van der Waals surface area contributed by atoms with Gasteiger partial charge < -0.3 is 9.64 Å². The van der Waals surface area contributed by atoms with Gasteiger partial charge >= 0.3 is 0 Å². The summed E-state index contributed by atoms with van der Waals surface area (Å²) in [7, 11) is 0. The van der Waals surface area contributed by atoms with Gasteiger partial charge in [0.2, 0.25) is 5.91 Å². The number of nitrogens with zero attached hydrogens (tertiary/aromatic N) is 3. The Bertz CT molecular complexity index is 586. The highest BCUT2D eigenvalue weighted by Gasteiger charge is 2.43. The van der Waals surface area contributed by atoms with E-state index in [4.69, 9.17) is 4.74 Å². The number of likely N-dealkylation sites (tertiary alicyclic amines) is 1. The van der Waals surface area contributed by atoms with Crippen molar-refractivity contribution < 1.29 is 9.53 Å². The molecule has 5 nitrogen and oxygen atoms in total. The highest BCUT2D eigenvalue weighted by atomic mass is 16.5. The number of rotatable bonds is 3. The van der Waals surface area contributed by atoms with E-state index >= 15 is 0 Å². The molecular formula is C20H29N3O2. The molecule has 2 saturated heterocycles. The molecule has 1 aromatic heterocycles. The number of carbonyl (C=O) groups excluding carboxylic acids is 1. The van der Waals surface area contributed by atoms with Gasteiger partial charge in [-0.05, 0) is 43.2 Å². The predicted molar refractivity (Wildman–Crippen MR) is 95.9 cm³/mol. The third kappa shape index (κ3) is 3.72. The summed E-state index contributed by atoms with van der Waals surface area (Å²) in [6.45, 7) is 6.45. The van der Waals surface area contributed by atoms with Gasteiger partial charge in [-0.3, -0.25) is 14.7 Å². The van der Waals surface area contributed by atoms with E-state index in [1.807, 2.05) is 18.5 Å². The van der Waals surface area contributed by atoms with Crippen LogP contribution in [0, 0.1) is 11.8 Å². The summed E-state index contributed by atoms with van der Waals surface area (Å²) >= 11 is 0. The van der Waals surface area contributed by atoms with Crippen LogP contribution in [0.3, 0.4) is 0 Å². The van der Waals surface area contributed by atoms with E-state index in [-0.39, 0.29) is 12.0 Å². The van der Waals surface area contributed by atoms with E-state index in [2.05, 4.69) is 27.8 Å². The van der Waals surface area contributed by atoms with Crippen molar-refractivity contribution in [1.82, 2.24) is 14.8 Å². The fourth-order valence-electron chi connectivity index (χ4n) is 4.63. The molecule has 2 aliphatic heterocycles. The molecule has 0 bridgehead atoms. The van der Waals surface area contributed by atoms with Gasteiger partial charge in [0.25, 0.3) is 0 Å². The molecular weight excluding hydrogens is 314 g/mol. The molecule has 0 unspecified atom stereocenters. The van der Waals surface area contributed by atoms with Crippen molar-refractivity contribution in [3.05, 3.63) is 30.1 Å². The first-order chi connectivity index (χ1) is 12.2. The zero-order chi connectivity index (χ0) is 17.2. The minimum atomic E-state index is 0.164. The standard InChI is InChI=1S/C20H29N3O2/c1-15-4-6-17(7-5-15)20(24)23-13-18-19(14-23)25-10-9-22(18)12-16-3-2-8-21-11-16/h2-3,8,11,15,17-19H,4-7,9-10,12-14H2,1H3/t15?,17?,18-,19+/m1/s1. The second-order valence-electron chi connectivity index (χ2n) is 8.01. The molecule has 1 amide bonds. The van der Waals surface area contributed by atoms with Gasteiger partial charge in [0, 0.05) is 44.5 Å². The van der Waals surface area contributed by atoms with Crippen molar-refractivity contribution in [2.24, 2.45) is 11.8 Å². The Kier molecular flexibility index (Phi) is 5.04. The molecule has 3 aliphatic rings. The lowest BCUT2D eigenvalue weighted by molar-refractivity contribution is -0.136. The lowest BCUT2D eigenvalue weighted by Crippen LogP contribution is -2.50. The van der Waals surface area contributed by atoms with Gasteiger partial charge in [-0.15, -0.1) is 0 Å². The first-order valence-electron chi connectivity index (χ1n) is 9.74. The Balaban J connectivity index is 1.39. The molecule has 1 aliphatic carbocycles. The summed E-state index contributed by atoms with van der Waals surface area (Å²) < 4.78 is 6.00. The second-order valence-corrected chi connectivity index (χ2v) is 8.01. The Morgan fingerprint density at radius 3 is 2.88 bits per heavy atom. The number of pyridine rings is 1. The van der Waals surface area contributed by atoms with E-state index < -0.39 is 0 Å². The molecule has 0 N–H and O–H groups in total. The van der Waals surface area contributed by atoms with E-state index in [1.165, 1.54) is 18.4 Å². The summed E-state index contributed by atoms with van der Waals surface area (Å²) in [6, 6.07) is 4.43. The van der Waals surface area contributed by atoms with E-state index in [0.29, 0.717) is 11.9 Å². The van der Waals surface area contributed by atoms with E-state index in [9.17, 15) is 4.79 Å². The molecule has 3 fully saturated rings. The van der Waals surface area contributed by atoms with Crippen molar-refractivity contribution in [3.63, 3.8) is 0 Å². The first kappa shape index (κ1) is 17.0. The van der Waals surface area contributed by atoms with Crippen molar-refractivity contribution in [2.75, 3.05) is 26.2 Å². The van der Waals surface area contributed by atoms with Gasteiger partial charge in [-0.25, -0.2) is 0 Å². The van der Waals surface area contributed by atoms with Crippen molar-refractivity contribution in [3.8, 4) is 0 Å². The van der Waals surface area contributed by atoms with Crippen LogP contribution in [0.25, 0.3) is 0 Å². The van der Waals surface area contributed by atoms with Crippen LogP contribution in [0.2, 0.25) is 0 Å². The second kappa shape index (κ2) is 7.42. The van der Waals surface area contributed by atoms with Gasteiger partial charge in [-0.2, -0.15) is 0 Å². The molecule has 3 heterocycles. The fourth-order valence-corrected chi connectivity index (χ4v) is 4.63. The minimum Gasteiger partial charge on any atom is -0.373 e. The maximum Gasteiger partial charge on any atom is 0.225 e. The molecule has 25 heavy (non-hydrogen) atoms. The molecule has 1 aromatic rings. The highest BCUT2D eigenvalue weighted by Crippen LogP contribution is 2.32. The highest BCUT2D eigenvalue weighted by molar-refractivity contribution is 5.79. The van der Waals surface area contributed by atoms with Crippen molar-refractivity contribution >= 4 is 5.91 Å². The molecule has 0 spiro atoms. The Labute approximate surface area is 150 Å². The molecule has 136 valence electrons. The number of morpholine rings is 1. The zero-order valence-corrected chi connectivity index (χ0v) is 15.1. The normalized spacial score (nSPS) is 33.2. The van der Waals surface area contributed by atoms with Crippen LogP contribution in [0.4, 0.5) is 0 Å². The van der Waals surface area contributed by atoms with Crippen LogP contribution in [0.5, 0.6) is 0 Å². The summed E-state index contributed by atoms with van der Waals surface area (Å²) in [6.07, 6.45) is 8.43. The van der Waals surface area contributed by atoms with E-state index in [0.717, 1.165) is 51.5 Å². The van der Waals surface area contributed by atoms with Crippen molar-refractivity contribution in [1.29, 1.82) is 0 Å². The quantitative estimate of drug-likeness (QED) is 0.845. The van der Waals surface area contributed by atoms with Crippen LogP contribution in [0.15, 0.2) is 24.5 Å². The SMILES string of the molecule is CC1CCC(C(=O)N2C[C@@H]3OCCN(Cc4cccnc4)[C@@H]3C2)CC1. The van der Waals surface area contributed by atoms with Crippen molar-refractivity contribution in [2.45, 2.75) is 51.3 Å². The Hall–Kier alpha value is -1.46. The third-order valence-corrected chi connectivity index (χ3v) is 6.20. The van der Waals surface area contributed by atoms with Crippen LogP contribution >= 0.6 is 0 Å². The number of hydrogen-bond donors (Lipinski definition) is 0. The minimum absolute atomic E-state index is 0.164. The summed E-state index contributed by atoms with van der Waals surface area (Å²) in [5, 5.41) is 0. The monoisotopic (exact) mass is 343 g/mol. The van der Waals surface area contributed by atoms with Crippen LogP contribution in [0.1, 0.15) is 38.2 Å². The number of carbonyl (C=O) groups is 1. The lowest BCUT2D eigenvalue weighted by atomic mass is 9.82. The van der Waals surface area contributed by atoms with Gasteiger partial charge in [0.05, 0.1) is 18.8 Å². The van der Waals surface area contributed by atoms with E-state index in [1.54, 1.807) is 0 Å². The zero-order valence-electron chi connectivity index (χ0n) is 15.1. The summed E-state index contributed by atoms with van der Waals surface area (Å²) in [5.41, 5.74) is 1.23. The van der Waals surface area contributed by atoms with Gasteiger partial charge in [0.1, 0.15) is 0 Å². The molecule has 0 radical (unpaired) electrons. The number of hydrogen-bond acceptors (Lipinski definition) is 4. The maximum absolute atomic E-state index is 13.0. The summed E-state index contributed by atoms with van der Waals surface area (Å²) in [4.78, 5) is 21.7. The molecule has 4 rings (SSSR count). The average molecular weight is 343 g/mol. The predicted octanol–water partition coefficient (Wildman–Crippen LogP) is 2.32. The molecule has 5 heteroatoms. The molecule has 0 aromatic carbocycles. The largest absolute Gasteiger partial charge is 0.373 e.